The maximum Gasteiger partial charge on any atom is 0.273 e. The maximum absolute atomic E-state index is 12.3. The van der Waals surface area contributed by atoms with Crippen LogP contribution in [0.15, 0.2) is 55.0 Å². The van der Waals surface area contributed by atoms with Crippen molar-refractivity contribution in [2.75, 3.05) is 0 Å². The lowest BCUT2D eigenvalue weighted by atomic mass is 10.1. The van der Waals surface area contributed by atoms with E-state index < -0.39 is 0 Å². The van der Waals surface area contributed by atoms with E-state index in [-0.39, 0.29) is 11.9 Å². The van der Waals surface area contributed by atoms with Crippen molar-refractivity contribution in [3.05, 3.63) is 66.2 Å². The molecule has 130 valence electrons. The van der Waals surface area contributed by atoms with Crippen LogP contribution < -0.4 is 5.32 Å². The van der Waals surface area contributed by atoms with E-state index in [1.54, 1.807) is 17.1 Å². The number of aryl methyl sites for hydroxylation is 3. The summed E-state index contributed by atoms with van der Waals surface area (Å²) in [7, 11) is 0. The molecule has 3 rings (SSSR count). The fraction of sp³-hybridized carbons (Fsp3) is 0.333. The molecule has 1 atom stereocenters. The number of nitrogens with one attached hydrogen (secondary N) is 1. The van der Waals surface area contributed by atoms with Gasteiger partial charge < -0.3 is 5.32 Å². The molecule has 2 heterocycles. The van der Waals surface area contributed by atoms with Gasteiger partial charge in [0.1, 0.15) is 0 Å². The first-order valence-corrected chi connectivity index (χ1v) is 8.43. The van der Waals surface area contributed by atoms with Gasteiger partial charge in [-0.1, -0.05) is 35.5 Å². The van der Waals surface area contributed by atoms with Crippen molar-refractivity contribution in [3.63, 3.8) is 0 Å². The second-order valence-corrected chi connectivity index (χ2v) is 6.03. The van der Waals surface area contributed by atoms with Gasteiger partial charge in [0.2, 0.25) is 0 Å². The molecule has 0 aliphatic rings. The SMILES string of the molecule is C[C@@H](CCn1cccn1)NC(=O)c1cn(CCc2ccccc2)nn1. The molecule has 0 fully saturated rings. The summed E-state index contributed by atoms with van der Waals surface area (Å²) in [6.07, 6.45) is 7.00. The number of benzene rings is 1. The average Bonchev–Trinajstić information content (AvgIpc) is 3.31. The lowest BCUT2D eigenvalue weighted by Crippen LogP contribution is -2.33. The Morgan fingerprint density at radius 1 is 1.16 bits per heavy atom. The number of hydrogen-bond acceptors (Lipinski definition) is 4. The molecule has 0 unspecified atom stereocenters. The van der Waals surface area contributed by atoms with Gasteiger partial charge in [-0.3, -0.25) is 14.2 Å². The van der Waals surface area contributed by atoms with Gasteiger partial charge >= 0.3 is 0 Å². The number of amides is 1. The second-order valence-electron chi connectivity index (χ2n) is 6.03. The third kappa shape index (κ3) is 5.00. The van der Waals surface area contributed by atoms with Crippen LogP contribution in [0.5, 0.6) is 0 Å². The van der Waals surface area contributed by atoms with Crippen LogP contribution in [0.3, 0.4) is 0 Å². The number of hydrogen-bond donors (Lipinski definition) is 1. The van der Waals surface area contributed by atoms with Crippen molar-refractivity contribution in [2.24, 2.45) is 0 Å². The second kappa shape index (κ2) is 8.23. The lowest BCUT2D eigenvalue weighted by molar-refractivity contribution is 0.0932. The summed E-state index contributed by atoms with van der Waals surface area (Å²) in [6.45, 7) is 3.43. The van der Waals surface area contributed by atoms with E-state index in [4.69, 9.17) is 0 Å². The minimum absolute atomic E-state index is 0.0335. The van der Waals surface area contributed by atoms with E-state index in [1.165, 1.54) is 5.56 Å². The van der Waals surface area contributed by atoms with Crippen LogP contribution in [0.25, 0.3) is 0 Å². The van der Waals surface area contributed by atoms with Gasteiger partial charge in [-0.05, 0) is 31.4 Å². The normalized spacial score (nSPS) is 12.0. The van der Waals surface area contributed by atoms with Gasteiger partial charge in [-0.2, -0.15) is 5.10 Å². The third-order valence-corrected chi connectivity index (χ3v) is 3.97. The van der Waals surface area contributed by atoms with Crippen molar-refractivity contribution < 1.29 is 4.79 Å². The van der Waals surface area contributed by atoms with Crippen LogP contribution >= 0.6 is 0 Å². The van der Waals surface area contributed by atoms with Crippen LogP contribution in [0.4, 0.5) is 0 Å². The highest BCUT2D eigenvalue weighted by Gasteiger charge is 2.13. The van der Waals surface area contributed by atoms with Gasteiger partial charge in [0.05, 0.1) is 6.20 Å². The summed E-state index contributed by atoms with van der Waals surface area (Å²) in [6, 6.07) is 12.1. The molecule has 0 saturated carbocycles. The Morgan fingerprint density at radius 3 is 2.76 bits per heavy atom. The molecule has 7 nitrogen and oxygen atoms in total. The molecular weight excluding hydrogens is 316 g/mol. The Balaban J connectivity index is 1.46. The van der Waals surface area contributed by atoms with E-state index in [9.17, 15) is 4.79 Å². The largest absolute Gasteiger partial charge is 0.348 e. The predicted octanol–water partition coefficient (Wildman–Crippen LogP) is 1.93. The molecule has 0 radical (unpaired) electrons. The summed E-state index contributed by atoms with van der Waals surface area (Å²) < 4.78 is 3.55. The zero-order valence-electron chi connectivity index (χ0n) is 14.2. The molecule has 0 saturated heterocycles. The van der Waals surface area contributed by atoms with Crippen LogP contribution in [-0.2, 0) is 19.5 Å². The number of rotatable bonds is 8. The fourth-order valence-electron chi connectivity index (χ4n) is 2.53. The van der Waals surface area contributed by atoms with Crippen molar-refractivity contribution >= 4 is 5.91 Å². The van der Waals surface area contributed by atoms with Crippen molar-refractivity contribution in [3.8, 4) is 0 Å². The number of aromatic nitrogens is 5. The minimum atomic E-state index is -0.195. The molecule has 25 heavy (non-hydrogen) atoms. The monoisotopic (exact) mass is 338 g/mol. The van der Waals surface area contributed by atoms with Gasteiger partial charge in [0, 0.05) is 31.5 Å². The van der Waals surface area contributed by atoms with Crippen LogP contribution in [0.1, 0.15) is 29.4 Å². The van der Waals surface area contributed by atoms with Crippen molar-refractivity contribution in [1.29, 1.82) is 0 Å². The lowest BCUT2D eigenvalue weighted by Gasteiger charge is -2.12. The van der Waals surface area contributed by atoms with Crippen LogP contribution in [0.2, 0.25) is 0 Å². The molecule has 1 aromatic carbocycles. The molecular formula is C18H22N6O. The van der Waals surface area contributed by atoms with Gasteiger partial charge in [0.15, 0.2) is 5.69 Å². The summed E-state index contributed by atoms with van der Waals surface area (Å²) in [5, 5.41) is 15.1. The summed E-state index contributed by atoms with van der Waals surface area (Å²) in [5.74, 6) is -0.195. The minimum Gasteiger partial charge on any atom is -0.348 e. The quantitative estimate of drug-likeness (QED) is 0.681. The first kappa shape index (κ1) is 16.9. The molecule has 7 heteroatoms. The maximum atomic E-state index is 12.3. The van der Waals surface area contributed by atoms with E-state index >= 15 is 0 Å². The van der Waals surface area contributed by atoms with Crippen molar-refractivity contribution in [2.45, 2.75) is 38.9 Å². The summed E-state index contributed by atoms with van der Waals surface area (Å²) in [5.41, 5.74) is 1.58. The summed E-state index contributed by atoms with van der Waals surface area (Å²) in [4.78, 5) is 12.3. The van der Waals surface area contributed by atoms with E-state index in [0.29, 0.717) is 12.2 Å². The molecule has 1 N–H and O–H groups in total. The van der Waals surface area contributed by atoms with Gasteiger partial charge in [-0.15, -0.1) is 5.10 Å². The Bertz CT molecular complexity index is 781. The van der Waals surface area contributed by atoms with Crippen LogP contribution in [0, 0.1) is 0 Å². The topological polar surface area (TPSA) is 77.6 Å². The molecule has 0 aliphatic carbocycles. The van der Waals surface area contributed by atoms with Crippen molar-refractivity contribution in [1.82, 2.24) is 30.1 Å². The fourth-order valence-corrected chi connectivity index (χ4v) is 2.53. The van der Waals surface area contributed by atoms with Crippen LogP contribution in [-0.4, -0.2) is 36.7 Å². The molecule has 2 aromatic heterocycles. The zero-order valence-corrected chi connectivity index (χ0v) is 14.2. The molecule has 0 spiro atoms. The molecule has 1 amide bonds. The average molecular weight is 338 g/mol. The smallest absolute Gasteiger partial charge is 0.273 e. The van der Waals surface area contributed by atoms with Gasteiger partial charge in [-0.25, -0.2) is 0 Å². The first-order chi connectivity index (χ1) is 12.2. The first-order valence-electron chi connectivity index (χ1n) is 8.43. The standard InChI is InChI=1S/C18H22N6O/c1-15(8-12-23-11-5-10-19-23)20-18(25)17-14-24(22-21-17)13-9-16-6-3-2-4-7-16/h2-7,10-11,14-15H,8-9,12-13H2,1H3,(H,20,25)/t15-/m0/s1. The Labute approximate surface area is 146 Å². The number of carbonyl (C=O) groups is 1. The number of nitrogens with zero attached hydrogens (tertiary/aromatic N) is 5. The predicted molar refractivity (Wildman–Crippen MR) is 93.9 cm³/mol. The Kier molecular flexibility index (Phi) is 5.56. The summed E-state index contributed by atoms with van der Waals surface area (Å²) >= 11 is 0. The Morgan fingerprint density at radius 2 is 2.00 bits per heavy atom. The molecule has 0 aliphatic heterocycles. The van der Waals surface area contributed by atoms with E-state index in [2.05, 4.69) is 32.9 Å². The molecule has 0 bridgehead atoms. The highest BCUT2D eigenvalue weighted by molar-refractivity contribution is 5.92. The third-order valence-electron chi connectivity index (χ3n) is 3.97. The highest BCUT2D eigenvalue weighted by atomic mass is 16.2. The van der Waals surface area contributed by atoms with E-state index in [0.717, 1.165) is 19.4 Å². The van der Waals surface area contributed by atoms with Gasteiger partial charge in [0.25, 0.3) is 5.91 Å². The highest BCUT2D eigenvalue weighted by Crippen LogP contribution is 2.03. The van der Waals surface area contributed by atoms with E-state index in [1.807, 2.05) is 42.1 Å². The zero-order chi connectivity index (χ0) is 17.5. The molecule has 3 aromatic rings. The number of carbonyl (C=O) groups excluding carboxylic acids is 1. The Hall–Kier alpha value is -2.96.